The molecule has 2 atom stereocenters. The van der Waals surface area contributed by atoms with Crippen molar-refractivity contribution in [3.8, 4) is 11.1 Å². The molecule has 2 aliphatic rings. The zero-order chi connectivity index (χ0) is 29.9. The first kappa shape index (κ1) is 28.6. The highest BCUT2D eigenvalue weighted by Gasteiger charge is 2.36. The molecule has 222 valence electrons. The molecule has 11 heteroatoms. The van der Waals surface area contributed by atoms with Crippen molar-refractivity contribution >= 4 is 51.1 Å². The fraction of sp³-hybridized carbons (Fsp3) is 0.484. The molecule has 9 nitrogen and oxygen atoms in total. The van der Waals surface area contributed by atoms with Crippen LogP contribution in [0, 0.1) is 12.7 Å². The predicted octanol–water partition coefficient (Wildman–Crippen LogP) is 5.25. The van der Waals surface area contributed by atoms with Gasteiger partial charge in [0.15, 0.2) is 5.82 Å². The van der Waals surface area contributed by atoms with E-state index in [-0.39, 0.29) is 23.5 Å². The van der Waals surface area contributed by atoms with E-state index in [1.807, 2.05) is 30.9 Å². The van der Waals surface area contributed by atoms with Crippen LogP contribution in [0.4, 0.5) is 16.2 Å². The maximum atomic E-state index is 16.9. The summed E-state index contributed by atoms with van der Waals surface area (Å²) < 4.78 is 16.9. The van der Waals surface area contributed by atoms with Crippen molar-refractivity contribution in [1.29, 1.82) is 0 Å². The average molecular weight is 593 g/mol. The number of aryl methyl sites for hydroxylation is 1. The topological polar surface area (TPSA) is 84.5 Å². The third kappa shape index (κ3) is 4.65. The average Bonchev–Trinajstić information content (AvgIpc) is 3.41. The van der Waals surface area contributed by atoms with Crippen LogP contribution < -0.4 is 9.80 Å². The Balaban J connectivity index is 1.52. The first-order valence-corrected chi connectivity index (χ1v) is 15.2. The summed E-state index contributed by atoms with van der Waals surface area (Å²) in [6.45, 7) is 16.7. The number of likely N-dealkylation sites (N-methyl/N-ethyl adjacent to an activating group) is 1. The van der Waals surface area contributed by atoms with Gasteiger partial charge >= 0.3 is 0 Å². The third-order valence-corrected chi connectivity index (χ3v) is 9.37. The molecule has 6 rings (SSSR count). The van der Waals surface area contributed by atoms with Gasteiger partial charge in [0.2, 0.25) is 11.9 Å². The summed E-state index contributed by atoms with van der Waals surface area (Å²) in [5.74, 6) is 0.741. The molecule has 0 unspecified atom stereocenters. The lowest BCUT2D eigenvalue weighted by Crippen LogP contribution is -2.60. The largest absolute Gasteiger partial charge is 0.349 e. The van der Waals surface area contributed by atoms with E-state index in [4.69, 9.17) is 21.6 Å². The second kappa shape index (κ2) is 11.0. The maximum absolute atomic E-state index is 16.9. The number of hydrogen-bond donors (Lipinski definition) is 1. The molecular weight excluding hydrogens is 555 g/mol. The smallest absolute Gasteiger partial charge is 0.228 e. The van der Waals surface area contributed by atoms with Crippen molar-refractivity contribution in [2.24, 2.45) is 0 Å². The van der Waals surface area contributed by atoms with Crippen LogP contribution in [-0.2, 0) is 4.79 Å². The standard InChI is InChI=1S/C31H38ClFN8O/c1-7-38(8-2)21-15-39(16-21)31-35-29-22(30(36-31)41-14-18(4)40(20(6)42)13-19(41)5)11-24(32)27(28(29)33)26-17(3)9-10-25-23(26)12-34-37-25/h9-12,18-19,21H,7-8,13-16H2,1-6H3,(H,34,37)/t18-,19+/m1/s1. The van der Waals surface area contributed by atoms with E-state index >= 15 is 4.39 Å². The number of benzene rings is 2. The Bertz CT molecular complexity index is 1660. The Morgan fingerprint density at radius 2 is 1.81 bits per heavy atom. The van der Waals surface area contributed by atoms with Gasteiger partial charge in [0, 0.05) is 73.1 Å². The number of aromatic nitrogens is 4. The summed E-state index contributed by atoms with van der Waals surface area (Å²) in [5, 5.41) is 8.84. The number of nitrogens with zero attached hydrogens (tertiary/aromatic N) is 7. The number of aromatic amines is 1. The highest BCUT2D eigenvalue weighted by atomic mass is 35.5. The molecule has 2 aliphatic heterocycles. The second-order valence-corrected chi connectivity index (χ2v) is 12.1. The van der Waals surface area contributed by atoms with E-state index in [2.05, 4.69) is 45.7 Å². The Morgan fingerprint density at radius 1 is 1.07 bits per heavy atom. The van der Waals surface area contributed by atoms with Crippen molar-refractivity contribution in [3.05, 3.63) is 40.8 Å². The first-order valence-electron chi connectivity index (χ1n) is 14.8. The lowest BCUT2D eigenvalue weighted by atomic mass is 9.95. The van der Waals surface area contributed by atoms with E-state index in [0.29, 0.717) is 52.4 Å². The zero-order valence-corrected chi connectivity index (χ0v) is 25.8. The summed E-state index contributed by atoms with van der Waals surface area (Å²) in [6.07, 6.45) is 1.71. The Kier molecular flexibility index (Phi) is 7.47. The Morgan fingerprint density at radius 3 is 2.50 bits per heavy atom. The molecule has 2 aromatic heterocycles. The molecule has 0 aliphatic carbocycles. The monoisotopic (exact) mass is 592 g/mol. The summed E-state index contributed by atoms with van der Waals surface area (Å²) in [6, 6.07) is 6.04. The zero-order valence-electron chi connectivity index (χ0n) is 25.1. The van der Waals surface area contributed by atoms with Crippen molar-refractivity contribution in [2.45, 2.75) is 59.7 Å². The number of amides is 1. The minimum atomic E-state index is -0.469. The molecule has 42 heavy (non-hydrogen) atoms. The number of carbonyl (C=O) groups is 1. The Hall–Kier alpha value is -3.50. The number of rotatable bonds is 6. The normalized spacial score (nSPS) is 19.8. The summed E-state index contributed by atoms with van der Waals surface area (Å²) in [5.41, 5.74) is 2.97. The minimum absolute atomic E-state index is 0.0239. The van der Waals surface area contributed by atoms with Gasteiger partial charge in [0.1, 0.15) is 11.3 Å². The van der Waals surface area contributed by atoms with Gasteiger partial charge in [-0.2, -0.15) is 10.1 Å². The van der Waals surface area contributed by atoms with Crippen LogP contribution in [0.15, 0.2) is 24.4 Å². The van der Waals surface area contributed by atoms with Crippen molar-refractivity contribution in [3.63, 3.8) is 0 Å². The van der Waals surface area contributed by atoms with Crippen LogP contribution in [0.1, 0.15) is 40.2 Å². The van der Waals surface area contributed by atoms with Crippen LogP contribution in [-0.4, -0.2) is 93.3 Å². The van der Waals surface area contributed by atoms with E-state index < -0.39 is 5.82 Å². The summed E-state index contributed by atoms with van der Waals surface area (Å²) in [4.78, 5) is 30.8. The van der Waals surface area contributed by atoms with Crippen molar-refractivity contribution in [1.82, 2.24) is 30.0 Å². The highest BCUT2D eigenvalue weighted by molar-refractivity contribution is 6.35. The van der Waals surface area contributed by atoms with Crippen molar-refractivity contribution in [2.75, 3.05) is 49.1 Å². The molecule has 4 aromatic rings. The third-order valence-electron chi connectivity index (χ3n) is 9.07. The molecule has 2 aromatic carbocycles. The lowest BCUT2D eigenvalue weighted by Gasteiger charge is -2.46. The fourth-order valence-electron chi connectivity index (χ4n) is 6.67. The van der Waals surface area contributed by atoms with Gasteiger partial charge in [-0.15, -0.1) is 0 Å². The summed E-state index contributed by atoms with van der Waals surface area (Å²) in [7, 11) is 0. The number of H-pyrrole nitrogens is 1. The highest BCUT2D eigenvalue weighted by Crippen LogP contribution is 2.43. The number of anilines is 2. The van der Waals surface area contributed by atoms with Crippen LogP contribution in [0.5, 0.6) is 0 Å². The number of carbonyl (C=O) groups excluding carboxylic acids is 1. The number of fused-ring (bicyclic) bond motifs is 2. The molecule has 2 saturated heterocycles. The first-order chi connectivity index (χ1) is 20.1. The number of piperazine rings is 1. The molecule has 2 fully saturated rings. The molecule has 0 bridgehead atoms. The van der Waals surface area contributed by atoms with Crippen LogP contribution in [0.3, 0.4) is 0 Å². The van der Waals surface area contributed by atoms with Gasteiger partial charge in [0.05, 0.1) is 16.7 Å². The Labute approximate surface area is 250 Å². The molecular formula is C31H38ClFN8O. The van der Waals surface area contributed by atoms with Gasteiger partial charge < -0.3 is 14.7 Å². The minimum Gasteiger partial charge on any atom is -0.349 e. The molecule has 0 radical (unpaired) electrons. The van der Waals surface area contributed by atoms with Gasteiger partial charge in [0.25, 0.3) is 0 Å². The number of halogens is 2. The van der Waals surface area contributed by atoms with Crippen LogP contribution in [0.2, 0.25) is 5.02 Å². The molecule has 4 heterocycles. The lowest BCUT2D eigenvalue weighted by molar-refractivity contribution is -0.131. The van der Waals surface area contributed by atoms with Crippen molar-refractivity contribution < 1.29 is 9.18 Å². The summed E-state index contributed by atoms with van der Waals surface area (Å²) >= 11 is 6.94. The van der Waals surface area contributed by atoms with Gasteiger partial charge in [-0.05, 0) is 51.6 Å². The predicted molar refractivity (Wildman–Crippen MR) is 167 cm³/mol. The fourth-order valence-corrected chi connectivity index (χ4v) is 6.95. The van der Waals surface area contributed by atoms with E-state index in [1.165, 1.54) is 0 Å². The molecule has 1 amide bonds. The molecule has 1 N–H and O–H groups in total. The molecule has 0 saturated carbocycles. The van der Waals surface area contributed by atoms with E-state index in [1.54, 1.807) is 19.2 Å². The van der Waals surface area contributed by atoms with Gasteiger partial charge in [-0.3, -0.25) is 14.8 Å². The van der Waals surface area contributed by atoms with Crippen LogP contribution >= 0.6 is 11.6 Å². The molecule has 0 spiro atoms. The van der Waals surface area contributed by atoms with E-state index in [0.717, 1.165) is 42.6 Å². The second-order valence-electron chi connectivity index (χ2n) is 11.7. The maximum Gasteiger partial charge on any atom is 0.228 e. The quantitative estimate of drug-likeness (QED) is 0.327. The number of nitrogens with one attached hydrogen (secondary N) is 1. The number of hydrogen-bond acceptors (Lipinski definition) is 7. The van der Waals surface area contributed by atoms with Gasteiger partial charge in [-0.25, -0.2) is 9.37 Å². The van der Waals surface area contributed by atoms with E-state index in [9.17, 15) is 4.79 Å². The van der Waals surface area contributed by atoms with Crippen LogP contribution in [0.25, 0.3) is 32.9 Å². The SMILES string of the molecule is CCN(CC)C1CN(c2nc(N3C[C@@H](C)N(C(C)=O)C[C@@H]3C)c3cc(Cl)c(-c4c(C)ccc5[nH]ncc45)c(F)c3n2)C1. The van der Waals surface area contributed by atoms with Gasteiger partial charge in [-0.1, -0.05) is 31.5 Å².